The molecule has 110 valence electrons. The van der Waals surface area contributed by atoms with Crippen LogP contribution in [-0.2, 0) is 4.79 Å². The molecule has 1 aliphatic rings. The van der Waals surface area contributed by atoms with E-state index < -0.39 is 0 Å². The number of amides is 1. The molecule has 0 aromatic heterocycles. The first-order chi connectivity index (χ1) is 10.6. The van der Waals surface area contributed by atoms with Crippen LogP contribution in [0.5, 0.6) is 0 Å². The van der Waals surface area contributed by atoms with Gasteiger partial charge in [0.25, 0.3) is 5.91 Å². The van der Waals surface area contributed by atoms with Gasteiger partial charge in [-0.25, -0.2) is 0 Å². The number of rotatable bonds is 2. The van der Waals surface area contributed by atoms with E-state index in [0.717, 1.165) is 21.3 Å². The van der Waals surface area contributed by atoms with Crippen molar-refractivity contribution in [3.8, 4) is 0 Å². The van der Waals surface area contributed by atoms with Crippen molar-refractivity contribution in [2.24, 2.45) is 0 Å². The maximum absolute atomic E-state index is 12.7. The summed E-state index contributed by atoms with van der Waals surface area (Å²) in [6, 6.07) is 15.4. The number of halogens is 1. The fraction of sp³-hybridized carbons (Fsp3) is 0.0588. The van der Waals surface area contributed by atoms with Gasteiger partial charge in [0.05, 0.1) is 5.69 Å². The molecule has 1 fully saturated rings. The number of thiocarbonyl (C=S) groups is 1. The van der Waals surface area contributed by atoms with Crippen LogP contribution < -0.4 is 10.2 Å². The number of hydrogen-bond donors (Lipinski definition) is 1. The van der Waals surface area contributed by atoms with E-state index in [1.54, 1.807) is 6.08 Å². The molecule has 0 aliphatic carbocycles. The topological polar surface area (TPSA) is 32.3 Å². The molecule has 5 heteroatoms. The van der Waals surface area contributed by atoms with Crippen LogP contribution in [0.2, 0.25) is 0 Å². The molecule has 0 atom stereocenters. The minimum Gasteiger partial charge on any atom is -0.327 e. The molecule has 2 aromatic carbocycles. The molecule has 1 N–H and O–H groups in total. The van der Waals surface area contributed by atoms with E-state index >= 15 is 0 Å². The van der Waals surface area contributed by atoms with Crippen LogP contribution in [-0.4, -0.2) is 11.0 Å². The van der Waals surface area contributed by atoms with Crippen molar-refractivity contribution in [2.45, 2.75) is 6.92 Å². The van der Waals surface area contributed by atoms with Gasteiger partial charge in [-0.15, -0.1) is 0 Å². The van der Waals surface area contributed by atoms with Crippen molar-refractivity contribution < 1.29 is 4.79 Å². The number of anilines is 1. The van der Waals surface area contributed by atoms with Gasteiger partial charge in [-0.2, -0.15) is 0 Å². The lowest BCUT2D eigenvalue weighted by molar-refractivity contribution is -0.113. The molecule has 1 saturated heterocycles. The molecular weight excluding hydrogens is 360 g/mol. The van der Waals surface area contributed by atoms with Crippen molar-refractivity contribution in [2.75, 3.05) is 4.90 Å². The highest BCUT2D eigenvalue weighted by Crippen LogP contribution is 2.25. The summed E-state index contributed by atoms with van der Waals surface area (Å²) in [4.78, 5) is 14.2. The molecular formula is C17H13BrN2OS. The Hall–Kier alpha value is -1.98. The van der Waals surface area contributed by atoms with Crippen LogP contribution in [0.25, 0.3) is 6.08 Å². The third kappa shape index (κ3) is 2.82. The van der Waals surface area contributed by atoms with E-state index in [-0.39, 0.29) is 5.91 Å². The van der Waals surface area contributed by atoms with Crippen molar-refractivity contribution >= 4 is 50.9 Å². The molecule has 0 radical (unpaired) electrons. The van der Waals surface area contributed by atoms with Gasteiger partial charge in [-0.1, -0.05) is 46.3 Å². The lowest BCUT2D eigenvalue weighted by atomic mass is 10.1. The lowest BCUT2D eigenvalue weighted by Crippen LogP contribution is -2.30. The SMILES string of the molecule is Cc1ccccc1N1C(=O)/C(=C\c2cccc(Br)c2)NC1=S. The largest absolute Gasteiger partial charge is 0.327 e. The summed E-state index contributed by atoms with van der Waals surface area (Å²) in [5.41, 5.74) is 3.22. The number of nitrogens with one attached hydrogen (secondary N) is 1. The maximum atomic E-state index is 12.7. The molecule has 0 bridgehead atoms. The van der Waals surface area contributed by atoms with Crippen molar-refractivity contribution in [1.29, 1.82) is 0 Å². The normalized spacial score (nSPS) is 16.3. The highest BCUT2D eigenvalue weighted by Gasteiger charge is 2.32. The Labute approximate surface area is 142 Å². The van der Waals surface area contributed by atoms with Crippen molar-refractivity contribution in [3.05, 3.63) is 69.8 Å². The van der Waals surface area contributed by atoms with Crippen molar-refractivity contribution in [1.82, 2.24) is 5.32 Å². The van der Waals surface area contributed by atoms with Gasteiger partial charge in [-0.05, 0) is 54.5 Å². The van der Waals surface area contributed by atoms with Crippen LogP contribution in [0.15, 0.2) is 58.7 Å². The predicted molar refractivity (Wildman–Crippen MR) is 96.5 cm³/mol. The molecule has 1 heterocycles. The number of para-hydroxylation sites is 1. The zero-order chi connectivity index (χ0) is 15.7. The second kappa shape index (κ2) is 6.02. The Kier molecular flexibility index (Phi) is 4.09. The molecule has 3 nitrogen and oxygen atoms in total. The zero-order valence-corrected chi connectivity index (χ0v) is 14.2. The van der Waals surface area contributed by atoms with Crippen LogP contribution in [0.3, 0.4) is 0 Å². The second-order valence-electron chi connectivity index (χ2n) is 4.97. The Morgan fingerprint density at radius 3 is 2.68 bits per heavy atom. The van der Waals surface area contributed by atoms with Gasteiger partial charge in [0.15, 0.2) is 5.11 Å². The van der Waals surface area contributed by atoms with Crippen LogP contribution in [0, 0.1) is 6.92 Å². The molecule has 2 aromatic rings. The Morgan fingerprint density at radius 1 is 1.18 bits per heavy atom. The number of aryl methyl sites for hydroxylation is 1. The summed E-state index contributed by atoms with van der Waals surface area (Å²) >= 11 is 8.75. The quantitative estimate of drug-likeness (QED) is 0.638. The first-order valence-electron chi connectivity index (χ1n) is 6.74. The van der Waals surface area contributed by atoms with Gasteiger partial charge in [0.2, 0.25) is 0 Å². The summed E-state index contributed by atoms with van der Waals surface area (Å²) in [7, 11) is 0. The first kappa shape index (κ1) is 14.9. The first-order valence-corrected chi connectivity index (χ1v) is 7.95. The molecule has 1 aliphatic heterocycles. The number of nitrogens with zero attached hydrogens (tertiary/aromatic N) is 1. The minimum atomic E-state index is -0.140. The molecule has 3 rings (SSSR count). The standard InChI is InChI=1S/C17H13BrN2OS/c1-11-5-2-3-8-15(11)20-16(21)14(19-17(20)22)10-12-6-4-7-13(18)9-12/h2-10H,1H3,(H,19,22)/b14-10+. The van der Waals surface area contributed by atoms with Crippen molar-refractivity contribution in [3.63, 3.8) is 0 Å². The fourth-order valence-electron chi connectivity index (χ4n) is 2.33. The minimum absolute atomic E-state index is 0.140. The summed E-state index contributed by atoms with van der Waals surface area (Å²) in [6.45, 7) is 1.96. The highest BCUT2D eigenvalue weighted by molar-refractivity contribution is 9.10. The smallest absolute Gasteiger partial charge is 0.281 e. The third-order valence-corrected chi connectivity index (χ3v) is 4.17. The van der Waals surface area contributed by atoms with E-state index in [9.17, 15) is 4.79 Å². The molecule has 22 heavy (non-hydrogen) atoms. The molecule has 0 spiro atoms. The fourth-order valence-corrected chi connectivity index (χ4v) is 3.04. The zero-order valence-electron chi connectivity index (χ0n) is 11.8. The van der Waals surface area contributed by atoms with Gasteiger partial charge in [0.1, 0.15) is 5.70 Å². The van der Waals surface area contributed by atoms with E-state index in [1.165, 1.54) is 4.90 Å². The predicted octanol–water partition coefficient (Wildman–Crippen LogP) is 4.02. The Bertz CT molecular complexity index is 801. The molecule has 0 saturated carbocycles. The number of carbonyl (C=O) groups excluding carboxylic acids is 1. The summed E-state index contributed by atoms with van der Waals surface area (Å²) in [5, 5.41) is 3.40. The third-order valence-electron chi connectivity index (χ3n) is 3.39. The van der Waals surface area contributed by atoms with Gasteiger partial charge >= 0.3 is 0 Å². The summed E-state index contributed by atoms with van der Waals surface area (Å²) < 4.78 is 0.964. The maximum Gasteiger partial charge on any atom is 0.281 e. The van der Waals surface area contributed by atoms with Crippen LogP contribution in [0.4, 0.5) is 5.69 Å². The van der Waals surface area contributed by atoms with Crippen LogP contribution >= 0.6 is 28.1 Å². The number of carbonyl (C=O) groups is 1. The van der Waals surface area contributed by atoms with Gasteiger partial charge in [0, 0.05) is 4.47 Å². The highest BCUT2D eigenvalue weighted by atomic mass is 79.9. The number of hydrogen-bond acceptors (Lipinski definition) is 2. The number of benzene rings is 2. The molecule has 1 amide bonds. The average molecular weight is 373 g/mol. The summed E-state index contributed by atoms with van der Waals surface area (Å²) in [5.74, 6) is -0.140. The van der Waals surface area contributed by atoms with Gasteiger partial charge in [-0.3, -0.25) is 9.69 Å². The molecule has 0 unspecified atom stereocenters. The summed E-state index contributed by atoms with van der Waals surface area (Å²) in [6.07, 6.45) is 1.80. The van der Waals surface area contributed by atoms with Crippen LogP contribution in [0.1, 0.15) is 11.1 Å². The lowest BCUT2D eigenvalue weighted by Gasteiger charge is -2.16. The average Bonchev–Trinajstić information content (AvgIpc) is 2.74. The van der Waals surface area contributed by atoms with E-state index in [0.29, 0.717) is 10.8 Å². The Balaban J connectivity index is 1.97. The monoisotopic (exact) mass is 372 g/mol. The van der Waals surface area contributed by atoms with E-state index in [1.807, 2.05) is 55.5 Å². The second-order valence-corrected chi connectivity index (χ2v) is 6.27. The van der Waals surface area contributed by atoms with Gasteiger partial charge < -0.3 is 5.32 Å². The van der Waals surface area contributed by atoms with E-state index in [2.05, 4.69) is 21.2 Å². The Morgan fingerprint density at radius 2 is 1.95 bits per heavy atom. The van der Waals surface area contributed by atoms with E-state index in [4.69, 9.17) is 12.2 Å².